The van der Waals surface area contributed by atoms with Gasteiger partial charge in [-0.15, -0.1) is 23.1 Å². The number of hydrogen-bond donors (Lipinski definition) is 2. The summed E-state index contributed by atoms with van der Waals surface area (Å²) >= 11 is 6.64. The van der Waals surface area contributed by atoms with Gasteiger partial charge in [-0.25, -0.2) is 4.98 Å². The van der Waals surface area contributed by atoms with Crippen LogP contribution in [0.2, 0.25) is 0 Å². The Morgan fingerprint density at radius 1 is 1.31 bits per heavy atom. The zero-order valence-electron chi connectivity index (χ0n) is 15.2. The lowest BCUT2D eigenvalue weighted by atomic mass is 10.2. The van der Waals surface area contributed by atoms with Crippen molar-refractivity contribution in [3.05, 3.63) is 64.7 Å². The molecule has 0 spiro atoms. The maximum Gasteiger partial charge on any atom is 0.158 e. The Morgan fingerprint density at radius 2 is 2.04 bits per heavy atom. The minimum atomic E-state index is -0.103. The Hall–Kier alpha value is -1.50. The molecule has 2 rings (SSSR count). The lowest BCUT2D eigenvalue weighted by Crippen LogP contribution is -1.82. The number of thioether (sulfide) groups is 1. The van der Waals surface area contributed by atoms with Crippen LogP contribution >= 0.6 is 39.0 Å². The van der Waals surface area contributed by atoms with Gasteiger partial charge in [-0.05, 0) is 25.1 Å². The molecule has 26 heavy (non-hydrogen) atoms. The van der Waals surface area contributed by atoms with Gasteiger partial charge in [-0.2, -0.15) is 0 Å². The monoisotopic (exact) mass is 453 g/mol. The standard InChI is InChI=1S/C18H18BrNO2S2.C2H6/c1-3-5-13(6-4-9-19)18-20-12(2)17(24-18)11-23-14-7-8-15(21)16(22)10-14;1-2/h3-8,10,21-22H,1,9,11H2,2H3;1-2H3/b6-4-,13-5+;. The van der Waals surface area contributed by atoms with Crippen LogP contribution < -0.4 is 0 Å². The average molecular weight is 454 g/mol. The molecule has 0 unspecified atom stereocenters. The summed E-state index contributed by atoms with van der Waals surface area (Å²) in [6, 6.07) is 4.86. The summed E-state index contributed by atoms with van der Waals surface area (Å²) in [6.07, 6.45) is 7.77. The zero-order valence-corrected chi connectivity index (χ0v) is 18.4. The van der Waals surface area contributed by atoms with E-state index in [0.717, 1.165) is 32.3 Å². The molecule has 0 saturated heterocycles. The van der Waals surface area contributed by atoms with E-state index in [9.17, 15) is 10.2 Å². The highest BCUT2D eigenvalue weighted by Gasteiger charge is 2.11. The normalized spacial score (nSPS) is 11.3. The Morgan fingerprint density at radius 3 is 2.65 bits per heavy atom. The first-order valence-corrected chi connectivity index (χ1v) is 11.1. The molecule has 0 bridgehead atoms. The average Bonchev–Trinajstić information content (AvgIpc) is 3.02. The molecule has 1 aromatic carbocycles. The molecule has 3 nitrogen and oxygen atoms in total. The largest absolute Gasteiger partial charge is 0.504 e. The van der Waals surface area contributed by atoms with Crippen molar-refractivity contribution in [1.82, 2.24) is 4.98 Å². The Labute approximate surface area is 172 Å². The van der Waals surface area contributed by atoms with Crippen molar-refractivity contribution in [2.75, 3.05) is 5.33 Å². The Balaban J connectivity index is 0.00000163. The van der Waals surface area contributed by atoms with Crippen LogP contribution in [0.5, 0.6) is 11.5 Å². The van der Waals surface area contributed by atoms with Gasteiger partial charge in [0, 0.05) is 26.4 Å². The first-order valence-electron chi connectivity index (χ1n) is 8.21. The summed E-state index contributed by atoms with van der Waals surface area (Å²) in [4.78, 5) is 6.75. The number of allylic oxidation sites excluding steroid dienone is 5. The van der Waals surface area contributed by atoms with Gasteiger partial charge in [0.05, 0.1) is 5.69 Å². The van der Waals surface area contributed by atoms with Crippen molar-refractivity contribution in [1.29, 1.82) is 0 Å². The van der Waals surface area contributed by atoms with Gasteiger partial charge in [0.15, 0.2) is 11.5 Å². The number of aryl methyl sites for hydroxylation is 1. The first kappa shape index (κ1) is 22.5. The van der Waals surface area contributed by atoms with Crippen LogP contribution in [-0.2, 0) is 5.75 Å². The van der Waals surface area contributed by atoms with Crippen molar-refractivity contribution in [3.8, 4) is 11.5 Å². The van der Waals surface area contributed by atoms with Gasteiger partial charge in [0.2, 0.25) is 0 Å². The number of phenols is 2. The topological polar surface area (TPSA) is 53.4 Å². The number of halogens is 1. The van der Waals surface area contributed by atoms with Gasteiger partial charge < -0.3 is 10.2 Å². The fourth-order valence-corrected chi connectivity index (χ4v) is 4.25. The maximum absolute atomic E-state index is 9.57. The third-order valence-electron chi connectivity index (χ3n) is 3.14. The van der Waals surface area contributed by atoms with E-state index in [4.69, 9.17) is 0 Å². The number of rotatable bonds is 7. The second-order valence-corrected chi connectivity index (χ2v) is 7.66. The number of aromatic hydroxyl groups is 2. The Bertz CT molecular complexity index is 782. The van der Waals surface area contributed by atoms with E-state index in [2.05, 4.69) is 27.5 Å². The predicted octanol–water partition coefficient (Wildman–Crippen LogP) is 6.70. The van der Waals surface area contributed by atoms with Crippen LogP contribution in [0, 0.1) is 6.92 Å². The van der Waals surface area contributed by atoms with Crippen LogP contribution in [0.4, 0.5) is 0 Å². The molecule has 0 amide bonds. The summed E-state index contributed by atoms with van der Waals surface area (Å²) in [5.41, 5.74) is 2.05. The SMILES string of the molecule is C=C/C=C(\C=C/CBr)c1nc(C)c(CSc2ccc(O)c(O)c2)s1.CC. The van der Waals surface area contributed by atoms with Crippen molar-refractivity contribution >= 4 is 44.6 Å². The molecule has 0 aliphatic rings. The van der Waals surface area contributed by atoms with E-state index < -0.39 is 0 Å². The minimum absolute atomic E-state index is 0.0992. The first-order chi connectivity index (χ1) is 12.5. The van der Waals surface area contributed by atoms with Gasteiger partial charge in [0.25, 0.3) is 0 Å². The molecule has 140 valence electrons. The van der Waals surface area contributed by atoms with E-state index in [0.29, 0.717) is 0 Å². The summed E-state index contributed by atoms with van der Waals surface area (Å²) in [7, 11) is 0. The fraction of sp³-hybridized carbons (Fsp3) is 0.250. The molecular formula is C20H24BrNO2S2. The fourth-order valence-electron chi connectivity index (χ4n) is 1.92. The van der Waals surface area contributed by atoms with E-state index >= 15 is 0 Å². The van der Waals surface area contributed by atoms with Gasteiger partial charge in [0.1, 0.15) is 5.01 Å². The molecule has 2 N–H and O–H groups in total. The highest BCUT2D eigenvalue weighted by Crippen LogP contribution is 2.34. The van der Waals surface area contributed by atoms with Gasteiger partial charge in [-0.3, -0.25) is 0 Å². The number of nitrogens with zero attached hydrogens (tertiary/aromatic N) is 1. The molecule has 2 aromatic rings. The molecule has 0 atom stereocenters. The quantitative estimate of drug-likeness (QED) is 0.212. The summed E-state index contributed by atoms with van der Waals surface area (Å²) < 4.78 is 0. The summed E-state index contributed by atoms with van der Waals surface area (Å²) in [5, 5.41) is 20.7. The number of hydrogen-bond acceptors (Lipinski definition) is 5. The van der Waals surface area contributed by atoms with E-state index in [1.807, 2.05) is 39.0 Å². The highest BCUT2D eigenvalue weighted by atomic mass is 79.9. The van der Waals surface area contributed by atoms with Crippen molar-refractivity contribution in [3.63, 3.8) is 0 Å². The van der Waals surface area contributed by atoms with E-state index in [-0.39, 0.29) is 11.5 Å². The van der Waals surface area contributed by atoms with Crippen molar-refractivity contribution < 1.29 is 10.2 Å². The smallest absolute Gasteiger partial charge is 0.158 e. The molecule has 0 aliphatic carbocycles. The molecule has 0 aliphatic heterocycles. The van der Waals surface area contributed by atoms with Crippen LogP contribution in [0.15, 0.2) is 54.0 Å². The molecule has 0 fully saturated rings. The molecule has 0 saturated carbocycles. The maximum atomic E-state index is 9.57. The zero-order chi connectivity index (χ0) is 19.5. The summed E-state index contributed by atoms with van der Waals surface area (Å²) in [5.74, 6) is 0.559. The highest BCUT2D eigenvalue weighted by molar-refractivity contribution is 9.09. The minimum Gasteiger partial charge on any atom is -0.504 e. The molecule has 6 heteroatoms. The molecular weight excluding hydrogens is 430 g/mol. The van der Waals surface area contributed by atoms with Gasteiger partial charge >= 0.3 is 0 Å². The second-order valence-electron chi connectivity index (χ2n) is 4.88. The third kappa shape index (κ3) is 6.67. The molecule has 0 radical (unpaired) electrons. The predicted molar refractivity (Wildman–Crippen MR) is 119 cm³/mol. The van der Waals surface area contributed by atoms with E-state index in [1.165, 1.54) is 10.9 Å². The van der Waals surface area contributed by atoms with Crippen LogP contribution in [0.3, 0.4) is 0 Å². The third-order valence-corrected chi connectivity index (χ3v) is 5.92. The lowest BCUT2D eigenvalue weighted by Gasteiger charge is -2.02. The number of phenolic OH excluding ortho intramolecular Hbond substituents is 2. The number of benzene rings is 1. The van der Waals surface area contributed by atoms with Crippen LogP contribution in [-0.4, -0.2) is 20.5 Å². The van der Waals surface area contributed by atoms with Crippen LogP contribution in [0.1, 0.15) is 29.4 Å². The van der Waals surface area contributed by atoms with E-state index in [1.54, 1.807) is 41.3 Å². The number of alkyl halides is 1. The summed E-state index contributed by atoms with van der Waals surface area (Å²) in [6.45, 7) is 9.77. The van der Waals surface area contributed by atoms with Crippen LogP contribution in [0.25, 0.3) is 5.57 Å². The van der Waals surface area contributed by atoms with Crippen molar-refractivity contribution in [2.45, 2.75) is 31.4 Å². The van der Waals surface area contributed by atoms with Crippen molar-refractivity contribution in [2.24, 2.45) is 0 Å². The number of thiazole rings is 1. The second kappa shape index (κ2) is 12.0. The van der Waals surface area contributed by atoms with Gasteiger partial charge in [-0.1, -0.05) is 60.7 Å². The molecule has 1 aromatic heterocycles. The Kier molecular flexibility index (Phi) is 10.4. The molecule has 1 heterocycles. The number of aromatic nitrogens is 1. The lowest BCUT2D eigenvalue weighted by molar-refractivity contribution is 0.402.